The minimum atomic E-state index is -0.297. The van der Waals surface area contributed by atoms with Gasteiger partial charge in [-0.2, -0.15) is 0 Å². The van der Waals surface area contributed by atoms with Crippen molar-refractivity contribution in [2.45, 2.75) is 20.0 Å². The third kappa shape index (κ3) is 5.71. The molecule has 0 saturated heterocycles. The molecule has 1 N–H and O–H groups in total. The SMILES string of the molecule is CCN(CC(=O)NCc1ccc(F)cc1)Cc1nnc(-c2ccc(Br)cc2)o1. The van der Waals surface area contributed by atoms with Crippen molar-refractivity contribution in [3.8, 4) is 11.5 Å². The summed E-state index contributed by atoms with van der Waals surface area (Å²) in [6.07, 6.45) is 0. The first-order chi connectivity index (χ1) is 13.5. The van der Waals surface area contributed by atoms with Crippen LogP contribution in [-0.4, -0.2) is 34.1 Å². The van der Waals surface area contributed by atoms with Crippen LogP contribution in [0, 0.1) is 5.82 Å². The molecule has 0 fully saturated rings. The lowest BCUT2D eigenvalue weighted by atomic mass is 10.2. The first-order valence-corrected chi connectivity index (χ1v) is 9.64. The highest BCUT2D eigenvalue weighted by atomic mass is 79.9. The molecule has 0 aliphatic rings. The van der Waals surface area contributed by atoms with Gasteiger partial charge in [0.2, 0.25) is 17.7 Å². The number of aromatic nitrogens is 2. The molecule has 0 atom stereocenters. The van der Waals surface area contributed by atoms with Gasteiger partial charge in [0.15, 0.2) is 0 Å². The van der Waals surface area contributed by atoms with Crippen molar-refractivity contribution in [3.63, 3.8) is 0 Å². The zero-order chi connectivity index (χ0) is 19.9. The topological polar surface area (TPSA) is 71.3 Å². The second-order valence-corrected chi connectivity index (χ2v) is 7.13. The number of likely N-dealkylation sites (N-methyl/N-ethyl adjacent to an activating group) is 1. The average Bonchev–Trinajstić information content (AvgIpc) is 3.16. The van der Waals surface area contributed by atoms with Gasteiger partial charge in [0.25, 0.3) is 0 Å². The van der Waals surface area contributed by atoms with Crippen LogP contribution >= 0.6 is 15.9 Å². The lowest BCUT2D eigenvalue weighted by Crippen LogP contribution is -2.36. The lowest BCUT2D eigenvalue weighted by molar-refractivity contribution is -0.122. The van der Waals surface area contributed by atoms with Gasteiger partial charge in [0.05, 0.1) is 13.1 Å². The highest BCUT2D eigenvalue weighted by molar-refractivity contribution is 9.10. The molecular formula is C20H20BrFN4O2. The zero-order valence-corrected chi connectivity index (χ0v) is 16.9. The van der Waals surface area contributed by atoms with Gasteiger partial charge in [-0.3, -0.25) is 9.69 Å². The van der Waals surface area contributed by atoms with Gasteiger partial charge in [0, 0.05) is 16.6 Å². The molecule has 0 aliphatic heterocycles. The van der Waals surface area contributed by atoms with Crippen LogP contribution in [0.3, 0.4) is 0 Å². The quantitative estimate of drug-likeness (QED) is 0.569. The molecule has 0 aliphatic carbocycles. The molecule has 0 unspecified atom stereocenters. The number of nitrogens with one attached hydrogen (secondary N) is 1. The first-order valence-electron chi connectivity index (χ1n) is 8.85. The molecule has 3 rings (SSSR count). The number of nitrogens with zero attached hydrogens (tertiary/aromatic N) is 3. The number of halogens is 2. The maximum Gasteiger partial charge on any atom is 0.247 e. The molecule has 6 nitrogen and oxygen atoms in total. The number of carbonyl (C=O) groups is 1. The summed E-state index contributed by atoms with van der Waals surface area (Å²) in [5, 5.41) is 11.0. The van der Waals surface area contributed by atoms with Crippen LogP contribution in [0.15, 0.2) is 57.4 Å². The van der Waals surface area contributed by atoms with Crippen molar-refractivity contribution in [2.75, 3.05) is 13.1 Å². The van der Waals surface area contributed by atoms with E-state index in [4.69, 9.17) is 4.42 Å². The van der Waals surface area contributed by atoms with E-state index in [2.05, 4.69) is 31.4 Å². The number of benzene rings is 2. The van der Waals surface area contributed by atoms with Crippen molar-refractivity contribution in [1.82, 2.24) is 20.4 Å². The Bertz CT molecular complexity index is 913. The number of amides is 1. The monoisotopic (exact) mass is 446 g/mol. The highest BCUT2D eigenvalue weighted by Gasteiger charge is 2.14. The Labute approximate surface area is 170 Å². The number of hydrogen-bond acceptors (Lipinski definition) is 5. The van der Waals surface area contributed by atoms with Gasteiger partial charge in [0.1, 0.15) is 5.82 Å². The van der Waals surface area contributed by atoms with Crippen molar-refractivity contribution in [2.24, 2.45) is 0 Å². The Balaban J connectivity index is 1.53. The van der Waals surface area contributed by atoms with Crippen molar-refractivity contribution in [3.05, 3.63) is 70.3 Å². The van der Waals surface area contributed by atoms with Gasteiger partial charge < -0.3 is 9.73 Å². The summed E-state index contributed by atoms with van der Waals surface area (Å²) in [7, 11) is 0. The van der Waals surface area contributed by atoms with Gasteiger partial charge in [-0.05, 0) is 48.5 Å². The first kappa shape index (κ1) is 20.2. The normalized spacial score (nSPS) is 11.0. The molecule has 2 aromatic carbocycles. The summed E-state index contributed by atoms with van der Waals surface area (Å²) in [5.74, 6) is 0.471. The molecule has 0 saturated carbocycles. The second-order valence-electron chi connectivity index (χ2n) is 6.21. The summed E-state index contributed by atoms with van der Waals surface area (Å²) >= 11 is 3.39. The molecule has 3 aromatic rings. The van der Waals surface area contributed by atoms with E-state index < -0.39 is 0 Å². The van der Waals surface area contributed by atoms with E-state index in [1.54, 1.807) is 12.1 Å². The fraction of sp³-hybridized carbons (Fsp3) is 0.250. The van der Waals surface area contributed by atoms with Crippen LogP contribution in [-0.2, 0) is 17.9 Å². The Morgan fingerprint density at radius 2 is 1.86 bits per heavy atom. The van der Waals surface area contributed by atoms with E-state index in [-0.39, 0.29) is 18.3 Å². The van der Waals surface area contributed by atoms with E-state index in [0.29, 0.717) is 31.4 Å². The van der Waals surface area contributed by atoms with E-state index in [0.717, 1.165) is 15.6 Å². The van der Waals surface area contributed by atoms with Crippen LogP contribution in [0.5, 0.6) is 0 Å². The van der Waals surface area contributed by atoms with E-state index in [1.165, 1.54) is 12.1 Å². The fourth-order valence-electron chi connectivity index (χ4n) is 2.56. The maximum atomic E-state index is 12.9. The standard InChI is InChI=1S/C20H20BrFN4O2/c1-2-26(12-18(27)23-11-14-3-9-17(22)10-4-14)13-19-24-25-20(28-19)15-5-7-16(21)8-6-15/h3-10H,2,11-13H2,1H3,(H,23,27). The number of carbonyl (C=O) groups excluding carboxylic acids is 1. The molecule has 1 aromatic heterocycles. The van der Waals surface area contributed by atoms with Crippen LogP contribution in [0.4, 0.5) is 4.39 Å². The molecule has 0 bridgehead atoms. The number of hydrogen-bond donors (Lipinski definition) is 1. The largest absolute Gasteiger partial charge is 0.419 e. The number of rotatable bonds is 8. The Morgan fingerprint density at radius 1 is 1.14 bits per heavy atom. The van der Waals surface area contributed by atoms with Crippen molar-refractivity contribution >= 4 is 21.8 Å². The average molecular weight is 447 g/mol. The summed E-state index contributed by atoms with van der Waals surface area (Å²) in [6.45, 7) is 3.54. The lowest BCUT2D eigenvalue weighted by Gasteiger charge is -2.17. The van der Waals surface area contributed by atoms with E-state index in [1.807, 2.05) is 36.1 Å². The molecule has 146 valence electrons. The fourth-order valence-corrected chi connectivity index (χ4v) is 2.82. The summed E-state index contributed by atoms with van der Waals surface area (Å²) in [4.78, 5) is 14.1. The van der Waals surface area contributed by atoms with Crippen LogP contribution in [0.1, 0.15) is 18.4 Å². The van der Waals surface area contributed by atoms with Crippen LogP contribution in [0.2, 0.25) is 0 Å². The van der Waals surface area contributed by atoms with Crippen LogP contribution in [0.25, 0.3) is 11.5 Å². The van der Waals surface area contributed by atoms with Gasteiger partial charge in [-0.1, -0.05) is 35.0 Å². The zero-order valence-electron chi connectivity index (χ0n) is 15.4. The van der Waals surface area contributed by atoms with Gasteiger partial charge in [-0.25, -0.2) is 4.39 Å². The minimum absolute atomic E-state index is 0.126. The minimum Gasteiger partial charge on any atom is -0.419 e. The van der Waals surface area contributed by atoms with Gasteiger partial charge in [-0.15, -0.1) is 10.2 Å². The molecule has 1 heterocycles. The predicted molar refractivity (Wildman–Crippen MR) is 107 cm³/mol. The third-order valence-electron chi connectivity index (χ3n) is 4.13. The Kier molecular flexibility index (Phi) is 6.89. The van der Waals surface area contributed by atoms with Crippen LogP contribution < -0.4 is 5.32 Å². The molecule has 1 amide bonds. The molecule has 8 heteroatoms. The summed E-state index contributed by atoms with van der Waals surface area (Å²) in [6, 6.07) is 13.6. The van der Waals surface area contributed by atoms with E-state index >= 15 is 0 Å². The Morgan fingerprint density at radius 3 is 2.54 bits per heavy atom. The van der Waals surface area contributed by atoms with Crippen molar-refractivity contribution in [1.29, 1.82) is 0 Å². The highest BCUT2D eigenvalue weighted by Crippen LogP contribution is 2.20. The predicted octanol–water partition coefficient (Wildman–Crippen LogP) is 3.78. The molecule has 0 spiro atoms. The smallest absolute Gasteiger partial charge is 0.247 e. The maximum absolute atomic E-state index is 12.9. The molecular weight excluding hydrogens is 427 g/mol. The van der Waals surface area contributed by atoms with Crippen molar-refractivity contribution < 1.29 is 13.6 Å². The molecule has 28 heavy (non-hydrogen) atoms. The van der Waals surface area contributed by atoms with E-state index in [9.17, 15) is 9.18 Å². The molecule has 0 radical (unpaired) electrons. The third-order valence-corrected chi connectivity index (χ3v) is 4.66. The van der Waals surface area contributed by atoms with Gasteiger partial charge >= 0.3 is 0 Å². The summed E-state index contributed by atoms with van der Waals surface area (Å²) < 4.78 is 19.6. The second kappa shape index (κ2) is 9.57. The summed E-state index contributed by atoms with van der Waals surface area (Å²) in [5.41, 5.74) is 1.68. The Hall–Kier alpha value is -2.58.